The van der Waals surface area contributed by atoms with Gasteiger partial charge in [0.25, 0.3) is 0 Å². The molecule has 4 heteroatoms. The summed E-state index contributed by atoms with van der Waals surface area (Å²) in [5, 5.41) is 0. The molecule has 0 unspecified atom stereocenters. The van der Waals surface area contributed by atoms with E-state index >= 15 is 0 Å². The number of imidazole rings is 1. The second-order valence-electron chi connectivity index (χ2n) is 4.19. The molecule has 2 aromatic heterocycles. The van der Waals surface area contributed by atoms with Gasteiger partial charge in [-0.1, -0.05) is 12.1 Å². The highest BCUT2D eigenvalue weighted by atomic mass is 15.1. The number of nitrogens with two attached hydrogens (primary N) is 1. The van der Waals surface area contributed by atoms with Gasteiger partial charge in [0.05, 0.1) is 22.9 Å². The van der Waals surface area contributed by atoms with Gasteiger partial charge in [-0.2, -0.15) is 0 Å². The molecule has 2 N–H and O–H groups in total. The Balaban J connectivity index is 2.11. The second kappa shape index (κ2) is 4.58. The number of hydrogen-bond donors (Lipinski definition) is 1. The average Bonchev–Trinajstić information content (AvgIpc) is 2.83. The van der Waals surface area contributed by atoms with Gasteiger partial charge < -0.3 is 5.73 Å². The van der Waals surface area contributed by atoms with Crippen molar-refractivity contribution in [1.29, 1.82) is 0 Å². The lowest BCUT2D eigenvalue weighted by Gasteiger charge is -2.05. The Morgan fingerprint density at radius 3 is 2.94 bits per heavy atom. The van der Waals surface area contributed by atoms with Gasteiger partial charge in [0.1, 0.15) is 6.33 Å². The van der Waals surface area contributed by atoms with Gasteiger partial charge in [0.15, 0.2) is 0 Å². The molecule has 18 heavy (non-hydrogen) atoms. The second-order valence-corrected chi connectivity index (χ2v) is 4.19. The zero-order valence-corrected chi connectivity index (χ0v) is 9.95. The first-order valence-corrected chi connectivity index (χ1v) is 5.95. The van der Waals surface area contributed by atoms with Crippen LogP contribution in [0.2, 0.25) is 0 Å². The Morgan fingerprint density at radius 2 is 2.06 bits per heavy atom. The third-order valence-corrected chi connectivity index (χ3v) is 2.95. The minimum absolute atomic E-state index is 0.635. The Labute approximate surface area is 105 Å². The summed E-state index contributed by atoms with van der Waals surface area (Å²) in [6.07, 6.45) is 6.37. The smallest absolute Gasteiger partial charge is 0.100 e. The van der Waals surface area contributed by atoms with Crippen molar-refractivity contribution in [3.05, 3.63) is 54.6 Å². The first-order chi connectivity index (χ1) is 8.88. The summed E-state index contributed by atoms with van der Waals surface area (Å²) < 4.78 is 2.04. The van der Waals surface area contributed by atoms with Crippen LogP contribution in [0, 0.1) is 0 Å². The summed E-state index contributed by atoms with van der Waals surface area (Å²) in [5.41, 5.74) is 9.82. The van der Waals surface area contributed by atoms with Crippen LogP contribution in [0.5, 0.6) is 0 Å². The fourth-order valence-corrected chi connectivity index (χ4v) is 2.07. The lowest BCUT2D eigenvalue weighted by Crippen LogP contribution is -2.04. The maximum Gasteiger partial charge on any atom is 0.100 e. The number of para-hydroxylation sites is 2. The SMILES string of the molecule is NCCc1cncc(-n2cnc3ccccc32)c1. The summed E-state index contributed by atoms with van der Waals surface area (Å²) in [6.45, 7) is 0.635. The quantitative estimate of drug-likeness (QED) is 0.758. The molecule has 0 bridgehead atoms. The largest absolute Gasteiger partial charge is 0.330 e. The molecular weight excluding hydrogens is 224 g/mol. The molecule has 0 radical (unpaired) electrons. The summed E-state index contributed by atoms with van der Waals surface area (Å²) in [5.74, 6) is 0. The number of pyridine rings is 1. The molecule has 2 heterocycles. The Kier molecular flexibility index (Phi) is 2.78. The van der Waals surface area contributed by atoms with E-state index in [2.05, 4.69) is 22.1 Å². The zero-order chi connectivity index (χ0) is 12.4. The van der Waals surface area contributed by atoms with E-state index in [0.29, 0.717) is 6.54 Å². The summed E-state index contributed by atoms with van der Waals surface area (Å²) >= 11 is 0. The van der Waals surface area contributed by atoms with E-state index in [1.807, 2.05) is 41.5 Å². The molecule has 0 aliphatic carbocycles. The minimum Gasteiger partial charge on any atom is -0.330 e. The van der Waals surface area contributed by atoms with Gasteiger partial charge in [-0.15, -0.1) is 0 Å². The van der Waals surface area contributed by atoms with Crippen LogP contribution < -0.4 is 5.73 Å². The van der Waals surface area contributed by atoms with Gasteiger partial charge in [0.2, 0.25) is 0 Å². The number of hydrogen-bond acceptors (Lipinski definition) is 3. The van der Waals surface area contributed by atoms with E-state index in [4.69, 9.17) is 5.73 Å². The van der Waals surface area contributed by atoms with Crippen molar-refractivity contribution < 1.29 is 0 Å². The first kappa shape index (κ1) is 10.9. The van der Waals surface area contributed by atoms with E-state index in [-0.39, 0.29) is 0 Å². The van der Waals surface area contributed by atoms with Crippen LogP contribution in [0.3, 0.4) is 0 Å². The molecule has 90 valence electrons. The number of benzene rings is 1. The molecule has 0 aliphatic heterocycles. The number of aromatic nitrogens is 3. The van der Waals surface area contributed by atoms with E-state index in [1.54, 1.807) is 0 Å². The van der Waals surface area contributed by atoms with Crippen LogP contribution in [0.4, 0.5) is 0 Å². The summed E-state index contributed by atoms with van der Waals surface area (Å²) in [4.78, 5) is 8.64. The predicted molar refractivity (Wildman–Crippen MR) is 71.6 cm³/mol. The number of nitrogens with zero attached hydrogens (tertiary/aromatic N) is 3. The van der Waals surface area contributed by atoms with E-state index in [0.717, 1.165) is 28.7 Å². The van der Waals surface area contributed by atoms with Gasteiger partial charge in [-0.05, 0) is 36.7 Å². The van der Waals surface area contributed by atoms with E-state index < -0.39 is 0 Å². The molecule has 0 aliphatic rings. The zero-order valence-electron chi connectivity index (χ0n) is 9.95. The van der Waals surface area contributed by atoms with E-state index in [1.165, 1.54) is 0 Å². The fourth-order valence-electron chi connectivity index (χ4n) is 2.07. The first-order valence-electron chi connectivity index (χ1n) is 5.95. The Hall–Kier alpha value is -2.20. The van der Waals surface area contributed by atoms with Crippen molar-refractivity contribution in [1.82, 2.24) is 14.5 Å². The maximum atomic E-state index is 5.57. The third-order valence-electron chi connectivity index (χ3n) is 2.95. The molecule has 3 rings (SSSR count). The molecular formula is C14H14N4. The standard InChI is InChI=1S/C14H14N4/c15-6-5-11-7-12(9-16-8-11)18-10-17-13-3-1-2-4-14(13)18/h1-4,7-10H,5-6,15H2. The highest BCUT2D eigenvalue weighted by Crippen LogP contribution is 2.17. The monoisotopic (exact) mass is 238 g/mol. The number of fused-ring (bicyclic) bond motifs is 1. The van der Waals surface area contributed by atoms with Crippen LogP contribution in [0.15, 0.2) is 49.1 Å². The Bertz CT molecular complexity index is 672. The molecule has 0 saturated carbocycles. The van der Waals surface area contributed by atoms with Crippen LogP contribution >= 0.6 is 0 Å². The average molecular weight is 238 g/mol. The minimum atomic E-state index is 0.635. The molecule has 4 nitrogen and oxygen atoms in total. The molecule has 0 spiro atoms. The molecule has 3 aromatic rings. The summed E-state index contributed by atoms with van der Waals surface area (Å²) in [7, 11) is 0. The van der Waals surface area contributed by atoms with Crippen LogP contribution in [0.1, 0.15) is 5.56 Å². The van der Waals surface area contributed by atoms with Gasteiger partial charge in [-0.25, -0.2) is 4.98 Å². The molecule has 1 aromatic carbocycles. The van der Waals surface area contributed by atoms with Crippen LogP contribution in [-0.4, -0.2) is 21.1 Å². The van der Waals surface area contributed by atoms with Gasteiger partial charge in [-0.3, -0.25) is 9.55 Å². The van der Waals surface area contributed by atoms with Crippen LogP contribution in [-0.2, 0) is 6.42 Å². The highest BCUT2D eigenvalue weighted by Gasteiger charge is 2.04. The maximum absolute atomic E-state index is 5.57. The third kappa shape index (κ3) is 1.87. The molecule has 0 amide bonds. The van der Waals surface area contributed by atoms with Gasteiger partial charge >= 0.3 is 0 Å². The molecule has 0 atom stereocenters. The molecule has 0 fully saturated rings. The number of rotatable bonds is 3. The topological polar surface area (TPSA) is 56.7 Å². The van der Waals surface area contributed by atoms with Crippen molar-refractivity contribution in [2.24, 2.45) is 5.73 Å². The van der Waals surface area contributed by atoms with Crippen molar-refractivity contribution >= 4 is 11.0 Å². The predicted octanol–water partition coefficient (Wildman–Crippen LogP) is 1.92. The van der Waals surface area contributed by atoms with Crippen molar-refractivity contribution in [2.45, 2.75) is 6.42 Å². The Morgan fingerprint density at radius 1 is 1.17 bits per heavy atom. The van der Waals surface area contributed by atoms with Gasteiger partial charge in [0, 0.05) is 6.20 Å². The van der Waals surface area contributed by atoms with Crippen molar-refractivity contribution in [2.75, 3.05) is 6.54 Å². The lowest BCUT2D eigenvalue weighted by molar-refractivity contribution is 0.948. The fraction of sp³-hybridized carbons (Fsp3) is 0.143. The van der Waals surface area contributed by atoms with Crippen molar-refractivity contribution in [3.63, 3.8) is 0 Å². The van der Waals surface area contributed by atoms with Crippen molar-refractivity contribution in [3.8, 4) is 5.69 Å². The van der Waals surface area contributed by atoms with E-state index in [9.17, 15) is 0 Å². The molecule has 0 saturated heterocycles. The lowest BCUT2D eigenvalue weighted by atomic mass is 10.2. The van der Waals surface area contributed by atoms with Crippen LogP contribution in [0.25, 0.3) is 16.7 Å². The summed E-state index contributed by atoms with van der Waals surface area (Å²) in [6, 6.07) is 10.2. The highest BCUT2D eigenvalue weighted by molar-refractivity contribution is 5.77. The normalized spacial score (nSPS) is 10.9.